The molecular formula is C15H23NO4. The van der Waals surface area contributed by atoms with Crippen LogP contribution in [-0.2, 0) is 11.3 Å². The van der Waals surface area contributed by atoms with Crippen molar-refractivity contribution in [3.8, 4) is 0 Å². The number of esters is 1. The Morgan fingerprint density at radius 2 is 2.20 bits per heavy atom. The van der Waals surface area contributed by atoms with Crippen LogP contribution in [0.4, 0.5) is 0 Å². The summed E-state index contributed by atoms with van der Waals surface area (Å²) in [7, 11) is 1.37. The largest absolute Gasteiger partial charge is 0.467 e. The molecule has 0 aromatic carbocycles. The maximum atomic E-state index is 11.7. The van der Waals surface area contributed by atoms with E-state index >= 15 is 0 Å². The molecule has 112 valence electrons. The molecule has 0 unspecified atom stereocenters. The van der Waals surface area contributed by atoms with Crippen LogP contribution in [0.15, 0.2) is 16.7 Å². The lowest BCUT2D eigenvalue weighted by molar-refractivity contribution is 0.0592. The normalized spacial score (nSPS) is 16.6. The van der Waals surface area contributed by atoms with E-state index in [0.29, 0.717) is 30.5 Å². The highest BCUT2D eigenvalue weighted by molar-refractivity contribution is 5.90. The summed E-state index contributed by atoms with van der Waals surface area (Å²) in [5, 5.41) is 9.26. The number of carbonyl (C=O) groups excluding carboxylic acids is 1. The maximum Gasteiger partial charge on any atom is 0.341 e. The highest BCUT2D eigenvalue weighted by atomic mass is 16.5. The lowest BCUT2D eigenvalue weighted by Gasteiger charge is -2.33. The molecule has 20 heavy (non-hydrogen) atoms. The number of rotatable bonds is 6. The van der Waals surface area contributed by atoms with E-state index in [1.807, 2.05) is 0 Å². The summed E-state index contributed by atoms with van der Waals surface area (Å²) in [4.78, 5) is 13.9. The fourth-order valence-electron chi connectivity index (χ4n) is 2.90. The van der Waals surface area contributed by atoms with E-state index in [1.54, 1.807) is 6.07 Å². The van der Waals surface area contributed by atoms with E-state index in [2.05, 4.69) is 4.90 Å². The van der Waals surface area contributed by atoms with E-state index in [1.165, 1.54) is 32.6 Å². The average Bonchev–Trinajstić information content (AvgIpc) is 2.95. The molecule has 1 aromatic heterocycles. The molecule has 0 spiro atoms. The van der Waals surface area contributed by atoms with Crippen molar-refractivity contribution in [1.82, 2.24) is 4.90 Å². The van der Waals surface area contributed by atoms with Crippen LogP contribution in [-0.4, -0.2) is 42.3 Å². The van der Waals surface area contributed by atoms with Crippen LogP contribution in [0.3, 0.4) is 0 Å². The van der Waals surface area contributed by atoms with E-state index < -0.39 is 0 Å². The van der Waals surface area contributed by atoms with E-state index in [9.17, 15) is 9.90 Å². The van der Waals surface area contributed by atoms with Crippen LogP contribution in [0.5, 0.6) is 0 Å². The lowest BCUT2D eigenvalue weighted by Crippen LogP contribution is -2.38. The van der Waals surface area contributed by atoms with E-state index in [4.69, 9.17) is 9.15 Å². The summed E-state index contributed by atoms with van der Waals surface area (Å²) in [5.74, 6) is 0.247. The van der Waals surface area contributed by atoms with Gasteiger partial charge in [0.1, 0.15) is 11.3 Å². The van der Waals surface area contributed by atoms with E-state index in [-0.39, 0.29) is 12.6 Å². The zero-order valence-corrected chi connectivity index (χ0v) is 12.0. The van der Waals surface area contributed by atoms with Crippen molar-refractivity contribution in [3.05, 3.63) is 23.7 Å². The Labute approximate surface area is 119 Å². The highest BCUT2D eigenvalue weighted by Crippen LogP contribution is 2.25. The average molecular weight is 281 g/mol. The number of nitrogens with zero attached hydrogens (tertiary/aromatic N) is 1. The predicted molar refractivity (Wildman–Crippen MR) is 74.4 cm³/mol. The molecule has 0 bridgehead atoms. The summed E-state index contributed by atoms with van der Waals surface area (Å²) in [6, 6.07) is 2.10. The molecule has 1 saturated carbocycles. The lowest BCUT2D eigenvalue weighted by atomic mass is 9.94. The van der Waals surface area contributed by atoms with Crippen molar-refractivity contribution in [3.63, 3.8) is 0 Å². The Bertz CT molecular complexity index is 423. The van der Waals surface area contributed by atoms with Gasteiger partial charge in [-0.3, -0.25) is 4.90 Å². The van der Waals surface area contributed by atoms with Crippen LogP contribution >= 0.6 is 0 Å². The van der Waals surface area contributed by atoms with Crippen molar-refractivity contribution in [1.29, 1.82) is 0 Å². The van der Waals surface area contributed by atoms with E-state index in [0.717, 1.165) is 12.8 Å². The molecule has 1 aliphatic rings. The molecule has 0 saturated heterocycles. The standard InChI is InChI=1S/C15H23NO4/c1-19-15(18)13-7-10-20-14(13)11-16(8-9-17)12-5-3-2-4-6-12/h7,10,12,17H,2-6,8-9,11H2,1H3. The predicted octanol–water partition coefficient (Wildman–Crippen LogP) is 2.19. The van der Waals surface area contributed by atoms with Gasteiger partial charge in [0.2, 0.25) is 0 Å². The Balaban J connectivity index is 2.07. The van der Waals surface area contributed by atoms with Gasteiger partial charge in [0.15, 0.2) is 0 Å². The third-order valence-electron chi connectivity index (χ3n) is 3.98. The third kappa shape index (κ3) is 3.61. The molecule has 5 nitrogen and oxygen atoms in total. The summed E-state index contributed by atoms with van der Waals surface area (Å²) in [6.45, 7) is 1.26. The van der Waals surface area contributed by atoms with Crippen LogP contribution in [0, 0.1) is 0 Å². The first kappa shape index (κ1) is 15.1. The fraction of sp³-hybridized carbons (Fsp3) is 0.667. The van der Waals surface area contributed by atoms with Crippen molar-refractivity contribution >= 4 is 5.97 Å². The Morgan fingerprint density at radius 3 is 2.85 bits per heavy atom. The van der Waals surface area contributed by atoms with Gasteiger partial charge in [0.05, 0.1) is 26.5 Å². The molecule has 0 radical (unpaired) electrons. The quantitative estimate of drug-likeness (QED) is 0.810. The van der Waals surface area contributed by atoms with Gasteiger partial charge in [0, 0.05) is 12.6 Å². The van der Waals surface area contributed by atoms with Crippen molar-refractivity contribution in [2.24, 2.45) is 0 Å². The van der Waals surface area contributed by atoms with Crippen molar-refractivity contribution in [2.75, 3.05) is 20.3 Å². The molecule has 1 N–H and O–H groups in total. The highest BCUT2D eigenvalue weighted by Gasteiger charge is 2.24. The number of carbonyl (C=O) groups is 1. The number of methoxy groups -OCH3 is 1. The second-order valence-electron chi connectivity index (χ2n) is 5.23. The van der Waals surface area contributed by atoms with Gasteiger partial charge >= 0.3 is 5.97 Å². The number of hydrogen-bond acceptors (Lipinski definition) is 5. The minimum absolute atomic E-state index is 0.116. The molecule has 1 fully saturated rings. The molecular weight excluding hydrogens is 258 g/mol. The number of aliphatic hydroxyl groups is 1. The molecule has 5 heteroatoms. The molecule has 0 atom stereocenters. The third-order valence-corrected chi connectivity index (χ3v) is 3.98. The Hall–Kier alpha value is -1.33. The maximum absolute atomic E-state index is 11.7. The molecule has 0 aliphatic heterocycles. The topological polar surface area (TPSA) is 62.9 Å². The first-order valence-corrected chi connectivity index (χ1v) is 7.26. The van der Waals surface area contributed by atoms with Crippen LogP contribution in [0.25, 0.3) is 0 Å². The van der Waals surface area contributed by atoms with Gasteiger partial charge in [0.25, 0.3) is 0 Å². The second-order valence-corrected chi connectivity index (χ2v) is 5.23. The summed E-state index contributed by atoms with van der Waals surface area (Å²) < 4.78 is 10.2. The minimum atomic E-state index is -0.374. The number of furan rings is 1. The summed E-state index contributed by atoms with van der Waals surface area (Å²) in [5.41, 5.74) is 0.478. The van der Waals surface area contributed by atoms with Crippen LogP contribution in [0.2, 0.25) is 0 Å². The summed E-state index contributed by atoms with van der Waals surface area (Å²) >= 11 is 0. The molecule has 1 aromatic rings. The number of ether oxygens (including phenoxy) is 1. The smallest absolute Gasteiger partial charge is 0.341 e. The van der Waals surface area contributed by atoms with Gasteiger partial charge in [-0.15, -0.1) is 0 Å². The van der Waals surface area contributed by atoms with Gasteiger partial charge in [-0.05, 0) is 18.9 Å². The monoisotopic (exact) mass is 281 g/mol. The van der Waals surface area contributed by atoms with Gasteiger partial charge in [-0.25, -0.2) is 4.79 Å². The second kappa shape index (κ2) is 7.45. The van der Waals surface area contributed by atoms with Crippen LogP contribution < -0.4 is 0 Å². The van der Waals surface area contributed by atoms with Gasteiger partial charge < -0.3 is 14.3 Å². The SMILES string of the molecule is COC(=O)c1ccoc1CN(CCO)C1CCCCC1. The van der Waals surface area contributed by atoms with Crippen molar-refractivity contribution < 1.29 is 19.1 Å². The van der Waals surface area contributed by atoms with Crippen molar-refractivity contribution in [2.45, 2.75) is 44.7 Å². The summed E-state index contributed by atoms with van der Waals surface area (Å²) in [6.07, 6.45) is 7.56. The molecule has 0 amide bonds. The van der Waals surface area contributed by atoms with Gasteiger partial charge in [-0.1, -0.05) is 19.3 Å². The number of hydrogen-bond donors (Lipinski definition) is 1. The molecule has 1 heterocycles. The zero-order chi connectivity index (χ0) is 14.4. The van der Waals surface area contributed by atoms with Crippen LogP contribution in [0.1, 0.15) is 48.2 Å². The Kier molecular flexibility index (Phi) is 5.61. The zero-order valence-electron chi connectivity index (χ0n) is 12.0. The Morgan fingerprint density at radius 1 is 1.45 bits per heavy atom. The molecule has 2 rings (SSSR count). The van der Waals surface area contributed by atoms with Gasteiger partial charge in [-0.2, -0.15) is 0 Å². The minimum Gasteiger partial charge on any atom is -0.467 e. The number of aliphatic hydroxyl groups excluding tert-OH is 1. The molecule has 1 aliphatic carbocycles. The first-order valence-electron chi connectivity index (χ1n) is 7.26. The fourth-order valence-corrected chi connectivity index (χ4v) is 2.90. The first-order chi connectivity index (χ1) is 9.76.